The minimum atomic E-state index is 0.188. The van der Waals surface area contributed by atoms with Gasteiger partial charge in [-0.2, -0.15) is 4.98 Å². The third kappa shape index (κ3) is 1.86. The first-order valence-corrected chi connectivity index (χ1v) is 3.39. The van der Waals surface area contributed by atoms with E-state index in [-0.39, 0.29) is 12.6 Å². The summed E-state index contributed by atoms with van der Waals surface area (Å²) in [6.07, 6.45) is 6.61. The fourth-order valence-corrected chi connectivity index (χ4v) is 0.695. The van der Waals surface area contributed by atoms with E-state index < -0.39 is 0 Å². The maximum absolute atomic E-state index is 5.35. The first kappa shape index (κ1) is 8.34. The van der Waals surface area contributed by atoms with E-state index in [1.165, 1.54) is 0 Å². The lowest BCUT2D eigenvalue weighted by Gasteiger charge is -2.03. The van der Waals surface area contributed by atoms with Crippen LogP contribution < -0.4 is 10.5 Å². The molecule has 12 heavy (non-hydrogen) atoms. The van der Waals surface area contributed by atoms with Crippen LogP contribution >= 0.6 is 0 Å². The van der Waals surface area contributed by atoms with Crippen molar-refractivity contribution >= 4 is 5.95 Å². The van der Waals surface area contributed by atoms with Gasteiger partial charge >= 0.3 is 0 Å². The van der Waals surface area contributed by atoms with E-state index in [2.05, 4.69) is 15.9 Å². The monoisotopic (exact) mass is 163 g/mol. The second kappa shape index (κ2) is 3.58. The SMILES string of the molecule is C#CCOc1nc(N)ncc1C. The Morgan fingerprint density at radius 3 is 3.17 bits per heavy atom. The molecule has 4 nitrogen and oxygen atoms in total. The van der Waals surface area contributed by atoms with Gasteiger partial charge in [-0.1, -0.05) is 5.92 Å². The van der Waals surface area contributed by atoms with Crippen LogP contribution in [-0.2, 0) is 0 Å². The molecule has 0 spiro atoms. The van der Waals surface area contributed by atoms with Crippen LogP contribution in [0.1, 0.15) is 5.56 Å². The summed E-state index contributed by atoms with van der Waals surface area (Å²) in [6.45, 7) is 2.02. The van der Waals surface area contributed by atoms with Gasteiger partial charge in [-0.05, 0) is 6.92 Å². The van der Waals surface area contributed by atoms with Crippen LogP contribution in [0.3, 0.4) is 0 Å². The first-order chi connectivity index (χ1) is 5.74. The molecule has 0 radical (unpaired) electrons. The Kier molecular flexibility index (Phi) is 2.49. The molecule has 0 saturated heterocycles. The Morgan fingerprint density at radius 1 is 1.75 bits per heavy atom. The van der Waals surface area contributed by atoms with Crippen molar-refractivity contribution in [3.05, 3.63) is 11.8 Å². The molecular formula is C8H9N3O. The highest BCUT2D eigenvalue weighted by molar-refractivity contribution is 5.28. The van der Waals surface area contributed by atoms with E-state index in [4.69, 9.17) is 16.9 Å². The number of aromatic nitrogens is 2. The van der Waals surface area contributed by atoms with Crippen LogP contribution in [0.5, 0.6) is 5.88 Å². The van der Waals surface area contributed by atoms with E-state index in [1.54, 1.807) is 6.20 Å². The molecule has 1 rings (SSSR count). The third-order valence-electron chi connectivity index (χ3n) is 1.24. The molecule has 1 heterocycles. The number of terminal acetylenes is 1. The number of nitrogens with two attached hydrogens (primary N) is 1. The zero-order valence-electron chi connectivity index (χ0n) is 6.74. The normalized spacial score (nSPS) is 9.00. The fourth-order valence-electron chi connectivity index (χ4n) is 0.695. The van der Waals surface area contributed by atoms with Gasteiger partial charge in [-0.3, -0.25) is 0 Å². The van der Waals surface area contributed by atoms with Crippen molar-refractivity contribution in [1.82, 2.24) is 9.97 Å². The van der Waals surface area contributed by atoms with Crippen molar-refractivity contribution in [1.29, 1.82) is 0 Å². The number of nitrogens with zero attached hydrogens (tertiary/aromatic N) is 2. The average molecular weight is 163 g/mol. The van der Waals surface area contributed by atoms with Crippen LogP contribution in [0.2, 0.25) is 0 Å². The fraction of sp³-hybridized carbons (Fsp3) is 0.250. The zero-order chi connectivity index (χ0) is 8.97. The molecule has 0 aliphatic rings. The lowest BCUT2D eigenvalue weighted by atomic mass is 10.4. The summed E-state index contributed by atoms with van der Waals surface area (Å²) in [5.74, 6) is 2.97. The highest BCUT2D eigenvalue weighted by atomic mass is 16.5. The first-order valence-electron chi connectivity index (χ1n) is 3.39. The molecule has 1 aromatic rings. The van der Waals surface area contributed by atoms with Crippen LogP contribution in [-0.4, -0.2) is 16.6 Å². The van der Waals surface area contributed by atoms with E-state index in [1.807, 2.05) is 6.92 Å². The van der Waals surface area contributed by atoms with Gasteiger partial charge in [0.15, 0.2) is 6.61 Å². The predicted molar refractivity (Wildman–Crippen MR) is 45.5 cm³/mol. The van der Waals surface area contributed by atoms with Crippen molar-refractivity contribution in [2.24, 2.45) is 0 Å². The van der Waals surface area contributed by atoms with E-state index in [0.29, 0.717) is 5.88 Å². The number of ether oxygens (including phenoxy) is 1. The molecule has 0 aromatic carbocycles. The van der Waals surface area contributed by atoms with Crippen molar-refractivity contribution in [3.8, 4) is 18.2 Å². The van der Waals surface area contributed by atoms with E-state index >= 15 is 0 Å². The average Bonchev–Trinajstić information content (AvgIpc) is 2.07. The summed E-state index contributed by atoms with van der Waals surface area (Å²) in [7, 11) is 0. The molecule has 0 saturated carbocycles. The Balaban J connectivity index is 2.84. The van der Waals surface area contributed by atoms with Crippen molar-refractivity contribution in [2.45, 2.75) is 6.92 Å². The Bertz CT molecular complexity index is 317. The van der Waals surface area contributed by atoms with Gasteiger partial charge in [0, 0.05) is 11.8 Å². The molecule has 1 aromatic heterocycles. The summed E-state index contributed by atoms with van der Waals surface area (Å²) < 4.78 is 5.10. The highest BCUT2D eigenvalue weighted by Crippen LogP contribution is 2.12. The molecule has 2 N–H and O–H groups in total. The van der Waals surface area contributed by atoms with Gasteiger partial charge in [-0.15, -0.1) is 6.42 Å². The van der Waals surface area contributed by atoms with Gasteiger partial charge in [-0.25, -0.2) is 4.98 Å². The Hall–Kier alpha value is -1.76. The molecular weight excluding hydrogens is 154 g/mol. The summed E-state index contributed by atoms with van der Waals surface area (Å²) in [5, 5.41) is 0. The maximum atomic E-state index is 5.35. The van der Waals surface area contributed by atoms with Gasteiger partial charge in [0.25, 0.3) is 0 Å². The van der Waals surface area contributed by atoms with Gasteiger partial charge in [0.05, 0.1) is 0 Å². The number of hydrogen-bond acceptors (Lipinski definition) is 4. The van der Waals surface area contributed by atoms with Gasteiger partial charge in [0.2, 0.25) is 11.8 Å². The van der Waals surface area contributed by atoms with Crippen LogP contribution in [0.15, 0.2) is 6.20 Å². The molecule has 4 heteroatoms. The predicted octanol–water partition coefficient (Wildman–Crippen LogP) is 0.379. The summed E-state index contributed by atoms with van der Waals surface area (Å²) >= 11 is 0. The number of aryl methyl sites for hydroxylation is 1. The second-order valence-corrected chi connectivity index (χ2v) is 2.21. The molecule has 0 unspecified atom stereocenters. The second-order valence-electron chi connectivity index (χ2n) is 2.21. The van der Waals surface area contributed by atoms with E-state index in [9.17, 15) is 0 Å². The van der Waals surface area contributed by atoms with Gasteiger partial charge in [0.1, 0.15) is 0 Å². The Morgan fingerprint density at radius 2 is 2.50 bits per heavy atom. The number of rotatable bonds is 2. The van der Waals surface area contributed by atoms with Crippen molar-refractivity contribution < 1.29 is 4.74 Å². The van der Waals surface area contributed by atoms with Crippen molar-refractivity contribution in [2.75, 3.05) is 12.3 Å². The molecule has 0 bridgehead atoms. The molecule has 0 atom stereocenters. The molecule has 0 amide bonds. The molecule has 0 aliphatic heterocycles. The van der Waals surface area contributed by atoms with Crippen LogP contribution in [0, 0.1) is 19.3 Å². The number of nitrogen functional groups attached to an aromatic ring is 1. The van der Waals surface area contributed by atoms with E-state index in [0.717, 1.165) is 5.56 Å². The lowest BCUT2D eigenvalue weighted by molar-refractivity contribution is 0.352. The lowest BCUT2D eigenvalue weighted by Crippen LogP contribution is -2.02. The standard InChI is InChI=1S/C8H9N3O/c1-3-4-12-7-6(2)5-10-8(9)11-7/h1,5H,4H2,2H3,(H2,9,10,11). The topological polar surface area (TPSA) is 61.0 Å². The quantitative estimate of drug-likeness (QED) is 0.640. The number of anilines is 1. The maximum Gasteiger partial charge on any atom is 0.223 e. The van der Waals surface area contributed by atoms with Gasteiger partial charge < -0.3 is 10.5 Å². The summed E-state index contributed by atoms with van der Waals surface area (Å²) in [6, 6.07) is 0. The minimum Gasteiger partial charge on any atom is -0.464 e. The smallest absolute Gasteiger partial charge is 0.223 e. The van der Waals surface area contributed by atoms with Crippen LogP contribution in [0.25, 0.3) is 0 Å². The Labute approximate surface area is 70.8 Å². The molecule has 0 fully saturated rings. The number of hydrogen-bond donors (Lipinski definition) is 1. The van der Waals surface area contributed by atoms with Crippen LogP contribution in [0.4, 0.5) is 5.95 Å². The third-order valence-corrected chi connectivity index (χ3v) is 1.24. The van der Waals surface area contributed by atoms with Crippen molar-refractivity contribution in [3.63, 3.8) is 0 Å². The summed E-state index contributed by atoms with van der Waals surface area (Å²) in [4.78, 5) is 7.64. The summed E-state index contributed by atoms with van der Waals surface area (Å²) in [5.41, 5.74) is 6.16. The largest absolute Gasteiger partial charge is 0.464 e. The molecule has 0 aliphatic carbocycles. The zero-order valence-corrected chi connectivity index (χ0v) is 6.74. The molecule has 62 valence electrons. The minimum absolute atomic E-state index is 0.188. The highest BCUT2D eigenvalue weighted by Gasteiger charge is 2.00.